The second kappa shape index (κ2) is 10.4. The molecular weight excluding hydrogens is 404 g/mol. The van der Waals surface area contributed by atoms with Crippen LogP contribution in [0.15, 0.2) is 53.4 Å². The Morgan fingerprint density at radius 1 is 1.03 bits per heavy atom. The second-order valence-electron chi connectivity index (χ2n) is 7.26. The number of ether oxygens (including phenoxy) is 1. The van der Waals surface area contributed by atoms with Crippen molar-refractivity contribution < 1.29 is 22.7 Å². The maximum atomic E-state index is 12.3. The molecule has 0 aliphatic carbocycles. The Hall–Kier alpha value is -2.71. The summed E-state index contributed by atoms with van der Waals surface area (Å²) < 4.78 is 32.0. The Kier molecular flexibility index (Phi) is 8.14. The van der Waals surface area contributed by atoms with Gasteiger partial charge in [0.1, 0.15) is 0 Å². The molecule has 0 fully saturated rings. The molecule has 7 nitrogen and oxygen atoms in total. The molecule has 1 amide bonds. The summed E-state index contributed by atoms with van der Waals surface area (Å²) in [5, 5.41) is 2.78. The number of sulfonamides is 1. The summed E-state index contributed by atoms with van der Waals surface area (Å²) in [6.45, 7) is 6.86. The highest BCUT2D eigenvalue weighted by Gasteiger charge is 2.18. The van der Waals surface area contributed by atoms with E-state index in [1.807, 2.05) is 31.2 Å². The molecule has 0 heterocycles. The summed E-state index contributed by atoms with van der Waals surface area (Å²) in [5.41, 5.74) is 2.21. The first-order valence-corrected chi connectivity index (χ1v) is 11.3. The summed E-state index contributed by atoms with van der Waals surface area (Å²) in [6, 6.07) is 12.9. The van der Waals surface area contributed by atoms with Crippen molar-refractivity contribution in [3.8, 4) is 0 Å². The highest BCUT2D eigenvalue weighted by Crippen LogP contribution is 2.15. The van der Waals surface area contributed by atoms with Crippen molar-refractivity contribution in [3.63, 3.8) is 0 Å². The lowest BCUT2D eigenvalue weighted by Gasteiger charge is -2.15. The van der Waals surface area contributed by atoms with Crippen LogP contribution in [0.2, 0.25) is 0 Å². The predicted molar refractivity (Wildman–Crippen MR) is 115 cm³/mol. The van der Waals surface area contributed by atoms with Gasteiger partial charge in [0.05, 0.1) is 16.5 Å². The molecule has 2 aromatic carbocycles. The maximum absolute atomic E-state index is 12.3. The Balaban J connectivity index is 1.95. The molecule has 2 aromatic rings. The molecule has 0 aliphatic heterocycles. The van der Waals surface area contributed by atoms with Gasteiger partial charge in [-0.1, -0.05) is 37.3 Å². The van der Waals surface area contributed by atoms with E-state index >= 15 is 0 Å². The Morgan fingerprint density at radius 3 is 2.30 bits per heavy atom. The number of rotatable bonds is 9. The molecule has 2 rings (SSSR count). The van der Waals surface area contributed by atoms with Gasteiger partial charge in [0.2, 0.25) is 10.0 Å². The Bertz CT molecular complexity index is 985. The van der Waals surface area contributed by atoms with E-state index in [0.29, 0.717) is 0 Å². The third-order valence-electron chi connectivity index (χ3n) is 4.37. The number of carbonyl (C=O) groups is 2. The first kappa shape index (κ1) is 23.6. The summed E-state index contributed by atoms with van der Waals surface area (Å²) >= 11 is 0. The Labute approximate surface area is 177 Å². The molecule has 0 bridgehead atoms. The van der Waals surface area contributed by atoms with E-state index in [2.05, 4.69) is 17.0 Å². The summed E-state index contributed by atoms with van der Waals surface area (Å²) in [6.07, 6.45) is 0.938. The van der Waals surface area contributed by atoms with Crippen molar-refractivity contribution in [3.05, 3.63) is 65.2 Å². The van der Waals surface area contributed by atoms with Crippen LogP contribution in [-0.2, 0) is 26.0 Å². The van der Waals surface area contributed by atoms with Gasteiger partial charge in [0, 0.05) is 6.04 Å². The van der Waals surface area contributed by atoms with E-state index in [-0.39, 0.29) is 22.5 Å². The normalized spacial score (nSPS) is 12.4. The van der Waals surface area contributed by atoms with Crippen molar-refractivity contribution in [2.75, 3.05) is 6.61 Å². The molecule has 1 unspecified atom stereocenters. The fraction of sp³-hybridized carbons (Fsp3) is 0.364. The number of esters is 1. The fourth-order valence-corrected chi connectivity index (χ4v) is 4.09. The molecule has 0 radical (unpaired) electrons. The molecule has 162 valence electrons. The first-order chi connectivity index (χ1) is 14.1. The maximum Gasteiger partial charge on any atom is 0.338 e. The zero-order valence-electron chi connectivity index (χ0n) is 17.6. The van der Waals surface area contributed by atoms with Crippen LogP contribution < -0.4 is 10.0 Å². The number of hydrogen-bond donors (Lipinski definition) is 2. The van der Waals surface area contributed by atoms with Crippen LogP contribution in [0.4, 0.5) is 0 Å². The number of nitrogens with one attached hydrogen (secondary N) is 2. The highest BCUT2D eigenvalue weighted by atomic mass is 32.2. The van der Waals surface area contributed by atoms with Gasteiger partial charge in [-0.15, -0.1) is 0 Å². The molecular formula is C22H28N2O5S. The standard InChI is InChI=1S/C22H28N2O5S/c1-5-17-9-11-18(12-10-17)16(4)23-21(25)14-29-22(26)19-7-6-8-20(13-19)30(27,28)24-15(2)3/h6-13,15-16,24H,5,14H2,1-4H3,(H,23,25). The van der Waals surface area contributed by atoms with Gasteiger partial charge in [0.15, 0.2) is 6.61 Å². The van der Waals surface area contributed by atoms with Crippen LogP contribution in [0.3, 0.4) is 0 Å². The highest BCUT2D eigenvalue weighted by molar-refractivity contribution is 7.89. The van der Waals surface area contributed by atoms with E-state index < -0.39 is 28.5 Å². The largest absolute Gasteiger partial charge is 0.452 e. The summed E-state index contributed by atoms with van der Waals surface area (Å²) in [5.74, 6) is -1.22. The second-order valence-corrected chi connectivity index (χ2v) is 8.98. The zero-order chi connectivity index (χ0) is 22.3. The van der Waals surface area contributed by atoms with Gasteiger partial charge in [-0.25, -0.2) is 17.9 Å². The van der Waals surface area contributed by atoms with E-state index in [0.717, 1.165) is 12.0 Å². The van der Waals surface area contributed by atoms with E-state index in [9.17, 15) is 18.0 Å². The van der Waals surface area contributed by atoms with Crippen LogP contribution in [0.1, 0.15) is 55.2 Å². The first-order valence-electron chi connectivity index (χ1n) is 9.80. The number of benzene rings is 2. The molecule has 0 aromatic heterocycles. The smallest absolute Gasteiger partial charge is 0.338 e. The van der Waals surface area contributed by atoms with Crippen LogP contribution in [0.25, 0.3) is 0 Å². The van der Waals surface area contributed by atoms with Crippen molar-refractivity contribution in [1.29, 1.82) is 0 Å². The zero-order valence-corrected chi connectivity index (χ0v) is 18.5. The third kappa shape index (κ3) is 6.67. The Morgan fingerprint density at radius 2 is 1.70 bits per heavy atom. The summed E-state index contributed by atoms with van der Waals surface area (Å²) in [4.78, 5) is 24.4. The van der Waals surface area contributed by atoms with Crippen molar-refractivity contribution in [2.24, 2.45) is 0 Å². The molecule has 0 spiro atoms. The van der Waals surface area contributed by atoms with Gasteiger partial charge in [-0.3, -0.25) is 4.79 Å². The monoisotopic (exact) mass is 432 g/mol. The van der Waals surface area contributed by atoms with Crippen LogP contribution in [0.5, 0.6) is 0 Å². The van der Waals surface area contributed by atoms with E-state index in [1.165, 1.54) is 29.8 Å². The number of hydrogen-bond acceptors (Lipinski definition) is 5. The number of aryl methyl sites for hydroxylation is 1. The van der Waals surface area contributed by atoms with Gasteiger partial charge in [-0.05, 0) is 56.5 Å². The minimum atomic E-state index is -3.74. The molecule has 0 aliphatic rings. The molecule has 1 atom stereocenters. The lowest BCUT2D eigenvalue weighted by molar-refractivity contribution is -0.124. The van der Waals surface area contributed by atoms with E-state index in [4.69, 9.17) is 4.74 Å². The quantitative estimate of drug-likeness (QED) is 0.593. The SMILES string of the molecule is CCc1ccc(C(C)NC(=O)COC(=O)c2cccc(S(=O)(=O)NC(C)C)c2)cc1. The van der Waals surface area contributed by atoms with Gasteiger partial charge < -0.3 is 10.1 Å². The lowest BCUT2D eigenvalue weighted by Crippen LogP contribution is -2.31. The molecule has 2 N–H and O–H groups in total. The summed E-state index contributed by atoms with van der Waals surface area (Å²) in [7, 11) is -3.74. The topological polar surface area (TPSA) is 102 Å². The average molecular weight is 433 g/mol. The predicted octanol–water partition coefficient (Wildman–Crippen LogP) is 2.97. The number of carbonyl (C=O) groups excluding carboxylic acids is 2. The third-order valence-corrected chi connectivity index (χ3v) is 6.03. The van der Waals surface area contributed by atoms with Crippen LogP contribution in [0, 0.1) is 0 Å². The minimum absolute atomic E-state index is 0.0424. The van der Waals surface area contributed by atoms with Gasteiger partial charge in [0.25, 0.3) is 5.91 Å². The number of amides is 1. The van der Waals surface area contributed by atoms with E-state index in [1.54, 1.807) is 13.8 Å². The van der Waals surface area contributed by atoms with Crippen molar-refractivity contribution >= 4 is 21.9 Å². The van der Waals surface area contributed by atoms with Crippen molar-refractivity contribution in [2.45, 2.75) is 51.1 Å². The fourth-order valence-electron chi connectivity index (χ4n) is 2.79. The molecule has 0 saturated carbocycles. The molecule has 0 saturated heterocycles. The van der Waals surface area contributed by atoms with Gasteiger partial charge in [-0.2, -0.15) is 0 Å². The lowest BCUT2D eigenvalue weighted by atomic mass is 10.1. The average Bonchev–Trinajstić information content (AvgIpc) is 2.71. The van der Waals surface area contributed by atoms with Gasteiger partial charge >= 0.3 is 5.97 Å². The minimum Gasteiger partial charge on any atom is -0.452 e. The van der Waals surface area contributed by atoms with Crippen molar-refractivity contribution in [1.82, 2.24) is 10.0 Å². The molecule has 8 heteroatoms. The van der Waals surface area contributed by atoms with Crippen LogP contribution >= 0.6 is 0 Å². The molecule has 30 heavy (non-hydrogen) atoms. The van der Waals surface area contributed by atoms with Crippen LogP contribution in [-0.4, -0.2) is 32.9 Å².